The first-order valence-electron chi connectivity index (χ1n) is 8.05. The van der Waals surface area contributed by atoms with Crippen molar-refractivity contribution in [3.05, 3.63) is 53.0 Å². The number of carbonyl (C=O) groups excluding carboxylic acids is 1. The van der Waals surface area contributed by atoms with Crippen LogP contribution in [0.2, 0.25) is 0 Å². The monoisotopic (exact) mass is 364 g/mol. The summed E-state index contributed by atoms with van der Waals surface area (Å²) in [6, 6.07) is 8.93. The molecule has 0 fully saturated rings. The molecule has 0 radical (unpaired) electrons. The molecule has 0 aliphatic carbocycles. The molecule has 0 aliphatic rings. The van der Waals surface area contributed by atoms with Gasteiger partial charge in [-0.2, -0.15) is 0 Å². The van der Waals surface area contributed by atoms with E-state index in [4.69, 9.17) is 4.42 Å². The number of aryl methyl sites for hydroxylation is 3. The minimum Gasteiger partial charge on any atom is -0.464 e. The van der Waals surface area contributed by atoms with E-state index in [-0.39, 0.29) is 23.8 Å². The molecule has 1 aromatic heterocycles. The Morgan fingerprint density at radius 1 is 1.16 bits per heavy atom. The number of nitrogens with one attached hydrogen (secondary N) is 1. The van der Waals surface area contributed by atoms with E-state index in [1.165, 1.54) is 4.90 Å². The Morgan fingerprint density at radius 3 is 2.52 bits per heavy atom. The summed E-state index contributed by atoms with van der Waals surface area (Å²) in [6.45, 7) is 5.84. The van der Waals surface area contributed by atoms with Gasteiger partial charge >= 0.3 is 0 Å². The lowest BCUT2D eigenvalue weighted by molar-refractivity contribution is -0.130. The lowest BCUT2D eigenvalue weighted by Gasteiger charge is -2.16. The minimum atomic E-state index is -3.63. The van der Waals surface area contributed by atoms with Gasteiger partial charge in [0.15, 0.2) is 0 Å². The molecular formula is C18H24N2O4S. The summed E-state index contributed by atoms with van der Waals surface area (Å²) in [7, 11) is -1.96. The Morgan fingerprint density at radius 2 is 1.88 bits per heavy atom. The van der Waals surface area contributed by atoms with Crippen LogP contribution in [0.1, 0.15) is 29.1 Å². The molecule has 0 aliphatic heterocycles. The molecule has 1 heterocycles. The zero-order chi connectivity index (χ0) is 18.6. The molecule has 7 heteroatoms. The molecule has 6 nitrogen and oxygen atoms in total. The maximum absolute atomic E-state index is 12.4. The van der Waals surface area contributed by atoms with Crippen LogP contribution in [0.25, 0.3) is 0 Å². The Bertz CT molecular complexity index is 856. The number of rotatable bonds is 7. The maximum Gasteiger partial charge on any atom is 0.240 e. The first-order chi connectivity index (χ1) is 11.7. The van der Waals surface area contributed by atoms with E-state index in [0.717, 1.165) is 11.3 Å². The summed E-state index contributed by atoms with van der Waals surface area (Å²) in [5, 5.41) is 0. The first kappa shape index (κ1) is 19.2. The van der Waals surface area contributed by atoms with Gasteiger partial charge in [0.25, 0.3) is 0 Å². The van der Waals surface area contributed by atoms with E-state index >= 15 is 0 Å². The molecule has 0 spiro atoms. The largest absolute Gasteiger partial charge is 0.464 e. The number of carbonyl (C=O) groups is 1. The van der Waals surface area contributed by atoms with Crippen molar-refractivity contribution in [1.29, 1.82) is 0 Å². The average molecular weight is 364 g/mol. The molecular weight excluding hydrogens is 340 g/mol. The third-order valence-electron chi connectivity index (χ3n) is 3.88. The molecule has 0 unspecified atom stereocenters. The normalized spacial score (nSPS) is 11.5. The second-order valence-electron chi connectivity index (χ2n) is 6.18. The minimum absolute atomic E-state index is 0.0517. The van der Waals surface area contributed by atoms with Crippen LogP contribution in [-0.2, 0) is 21.4 Å². The molecule has 0 saturated carbocycles. The maximum atomic E-state index is 12.4. The Kier molecular flexibility index (Phi) is 6.02. The highest BCUT2D eigenvalue weighted by Gasteiger charge is 2.18. The number of sulfonamides is 1. The molecule has 1 aromatic carbocycles. The standard InChI is InChI=1S/C18H24N2O4S/c1-13-5-6-14(2)17(11-13)25(22,23)19-10-9-18(21)20(4)12-16-8-7-15(3)24-16/h5-8,11,19H,9-10,12H2,1-4H3. The van der Waals surface area contributed by atoms with Crippen molar-refractivity contribution in [3.8, 4) is 0 Å². The van der Waals surface area contributed by atoms with Crippen molar-refractivity contribution < 1.29 is 17.6 Å². The highest BCUT2D eigenvalue weighted by atomic mass is 32.2. The van der Waals surface area contributed by atoms with Crippen molar-refractivity contribution in [2.75, 3.05) is 13.6 Å². The average Bonchev–Trinajstić information content (AvgIpc) is 2.94. The van der Waals surface area contributed by atoms with E-state index in [1.807, 2.05) is 32.0 Å². The molecule has 2 rings (SSSR count). The molecule has 0 saturated heterocycles. The summed E-state index contributed by atoms with van der Waals surface area (Å²) < 4.78 is 32.7. The van der Waals surface area contributed by atoms with Crippen molar-refractivity contribution in [2.45, 2.75) is 38.6 Å². The highest BCUT2D eigenvalue weighted by molar-refractivity contribution is 7.89. The van der Waals surface area contributed by atoms with Crippen LogP contribution >= 0.6 is 0 Å². The van der Waals surface area contributed by atoms with Gasteiger partial charge in [-0.1, -0.05) is 12.1 Å². The number of hydrogen-bond acceptors (Lipinski definition) is 4. The number of hydrogen-bond donors (Lipinski definition) is 1. The van der Waals surface area contributed by atoms with Crippen LogP contribution in [0, 0.1) is 20.8 Å². The van der Waals surface area contributed by atoms with Crippen molar-refractivity contribution in [2.24, 2.45) is 0 Å². The molecule has 2 aromatic rings. The first-order valence-corrected chi connectivity index (χ1v) is 9.53. The van der Waals surface area contributed by atoms with Gasteiger partial charge in [0.1, 0.15) is 11.5 Å². The third kappa shape index (κ3) is 5.17. The molecule has 1 N–H and O–H groups in total. The lowest BCUT2D eigenvalue weighted by Crippen LogP contribution is -2.32. The fourth-order valence-corrected chi connectivity index (χ4v) is 3.81. The predicted octanol–water partition coefficient (Wildman–Crippen LogP) is 2.53. The van der Waals surface area contributed by atoms with Crippen LogP contribution in [0.3, 0.4) is 0 Å². The second-order valence-corrected chi connectivity index (χ2v) is 7.91. The van der Waals surface area contributed by atoms with Gasteiger partial charge in [-0.3, -0.25) is 4.79 Å². The van der Waals surface area contributed by atoms with Gasteiger partial charge in [-0.15, -0.1) is 0 Å². The fraction of sp³-hybridized carbons (Fsp3) is 0.389. The number of amides is 1. The number of benzene rings is 1. The van der Waals surface area contributed by atoms with Gasteiger partial charge < -0.3 is 9.32 Å². The smallest absolute Gasteiger partial charge is 0.240 e. The summed E-state index contributed by atoms with van der Waals surface area (Å²) in [5.74, 6) is 1.33. The van der Waals surface area contributed by atoms with E-state index in [2.05, 4.69) is 4.72 Å². The van der Waals surface area contributed by atoms with Gasteiger partial charge in [0.2, 0.25) is 15.9 Å². The van der Waals surface area contributed by atoms with E-state index in [0.29, 0.717) is 17.9 Å². The van der Waals surface area contributed by atoms with Crippen LogP contribution in [0.15, 0.2) is 39.6 Å². The van der Waals surface area contributed by atoms with Crippen molar-refractivity contribution in [1.82, 2.24) is 9.62 Å². The molecule has 0 bridgehead atoms. The molecule has 1 amide bonds. The van der Waals surface area contributed by atoms with E-state index in [1.54, 1.807) is 26.1 Å². The predicted molar refractivity (Wildman–Crippen MR) is 95.6 cm³/mol. The summed E-state index contributed by atoms with van der Waals surface area (Å²) >= 11 is 0. The summed E-state index contributed by atoms with van der Waals surface area (Å²) in [6.07, 6.45) is 0.0836. The quantitative estimate of drug-likeness (QED) is 0.819. The number of nitrogens with zero attached hydrogens (tertiary/aromatic N) is 1. The van der Waals surface area contributed by atoms with Crippen LogP contribution < -0.4 is 4.72 Å². The Hall–Kier alpha value is -2.12. The molecule has 0 atom stereocenters. The van der Waals surface area contributed by atoms with Crippen LogP contribution in [0.5, 0.6) is 0 Å². The van der Waals surface area contributed by atoms with Crippen molar-refractivity contribution >= 4 is 15.9 Å². The summed E-state index contributed by atoms with van der Waals surface area (Å²) in [5.41, 5.74) is 1.55. The number of furan rings is 1. The van der Waals surface area contributed by atoms with Gasteiger partial charge in [0.05, 0.1) is 11.4 Å². The summed E-state index contributed by atoms with van der Waals surface area (Å²) in [4.78, 5) is 13.9. The molecule has 136 valence electrons. The molecule has 25 heavy (non-hydrogen) atoms. The van der Waals surface area contributed by atoms with Gasteiger partial charge in [-0.25, -0.2) is 13.1 Å². The Balaban J connectivity index is 1.90. The topological polar surface area (TPSA) is 79.6 Å². The van der Waals surface area contributed by atoms with Crippen LogP contribution in [0.4, 0.5) is 0 Å². The zero-order valence-electron chi connectivity index (χ0n) is 15.0. The second kappa shape index (κ2) is 7.84. The van der Waals surface area contributed by atoms with Crippen molar-refractivity contribution in [3.63, 3.8) is 0 Å². The fourth-order valence-electron chi connectivity index (χ4n) is 2.45. The Labute approximate surface area is 148 Å². The van der Waals surface area contributed by atoms with E-state index in [9.17, 15) is 13.2 Å². The lowest BCUT2D eigenvalue weighted by atomic mass is 10.2. The zero-order valence-corrected chi connectivity index (χ0v) is 15.8. The van der Waals surface area contributed by atoms with E-state index < -0.39 is 10.0 Å². The van der Waals surface area contributed by atoms with Gasteiger partial charge in [-0.05, 0) is 50.1 Å². The highest BCUT2D eigenvalue weighted by Crippen LogP contribution is 2.16. The third-order valence-corrected chi connectivity index (χ3v) is 5.48. The SMILES string of the molecule is Cc1ccc(C)c(S(=O)(=O)NCCC(=O)N(C)Cc2ccc(C)o2)c1. The van der Waals surface area contributed by atoms with Gasteiger partial charge in [0, 0.05) is 20.0 Å². The van der Waals surface area contributed by atoms with Crippen LogP contribution in [-0.4, -0.2) is 32.8 Å².